The molecular formula is C37H51F3N4O6S. The molecular weight excluding hydrogens is 685 g/mol. The minimum absolute atomic E-state index is 0.0305. The lowest BCUT2D eigenvalue weighted by Gasteiger charge is -2.17. The second-order valence-electron chi connectivity index (χ2n) is 13.1. The van der Waals surface area contributed by atoms with E-state index in [0.29, 0.717) is 19.3 Å². The molecule has 14 heteroatoms. The largest absolute Gasteiger partial charge is 0.534 e. The molecule has 0 aromatic carbocycles. The molecule has 282 valence electrons. The van der Waals surface area contributed by atoms with Crippen molar-refractivity contribution >= 4 is 39.1 Å². The third kappa shape index (κ3) is 15.5. The predicted octanol–water partition coefficient (Wildman–Crippen LogP) is 7.75. The van der Waals surface area contributed by atoms with Crippen molar-refractivity contribution in [3.63, 3.8) is 0 Å². The van der Waals surface area contributed by atoms with E-state index in [2.05, 4.69) is 43.0 Å². The van der Waals surface area contributed by atoms with E-state index in [0.717, 1.165) is 120 Å². The van der Waals surface area contributed by atoms with Crippen LogP contribution in [0.2, 0.25) is 0 Å². The Kier molecular flexibility index (Phi) is 17.0. The van der Waals surface area contributed by atoms with Gasteiger partial charge in [0.05, 0.1) is 6.42 Å². The molecule has 2 aromatic heterocycles. The molecule has 0 unspecified atom stereocenters. The quantitative estimate of drug-likeness (QED) is 0.0367. The summed E-state index contributed by atoms with van der Waals surface area (Å²) in [6.45, 7) is 4.53. The van der Waals surface area contributed by atoms with Crippen LogP contribution in [0.25, 0.3) is 0 Å². The first-order chi connectivity index (χ1) is 24.2. The molecule has 0 saturated carbocycles. The Morgan fingerprint density at radius 2 is 1.25 bits per heavy atom. The summed E-state index contributed by atoms with van der Waals surface area (Å²) >= 11 is 0. The summed E-state index contributed by atoms with van der Waals surface area (Å²) < 4.78 is 63.7. The summed E-state index contributed by atoms with van der Waals surface area (Å²) in [6, 6.07) is 8.43. The Morgan fingerprint density at radius 1 is 0.765 bits per heavy atom. The fraction of sp³-hybridized carbons (Fsp3) is 0.595. The lowest BCUT2D eigenvalue weighted by atomic mass is 10.0. The van der Waals surface area contributed by atoms with Crippen LogP contribution in [0.3, 0.4) is 0 Å². The van der Waals surface area contributed by atoms with Crippen LogP contribution in [-0.2, 0) is 54.4 Å². The molecule has 0 fully saturated rings. The fourth-order valence-electron chi connectivity index (χ4n) is 5.88. The van der Waals surface area contributed by atoms with E-state index in [1.807, 2.05) is 6.07 Å². The zero-order valence-corrected chi connectivity index (χ0v) is 30.5. The maximum Gasteiger partial charge on any atom is 0.534 e. The summed E-state index contributed by atoms with van der Waals surface area (Å²) in [5.74, 6) is 0.989. The number of rotatable bonds is 19. The predicted molar refractivity (Wildman–Crippen MR) is 191 cm³/mol. The minimum Gasteiger partial charge on any atom is -0.380 e. The zero-order chi connectivity index (χ0) is 37.3. The summed E-state index contributed by atoms with van der Waals surface area (Å²) in [7, 11) is -5.77. The summed E-state index contributed by atoms with van der Waals surface area (Å²) in [5.41, 5.74) is -0.840. The number of nitrogens with zero attached hydrogens (tertiary/aromatic N) is 2. The number of carbonyl (C=O) groups is 3. The van der Waals surface area contributed by atoms with E-state index in [1.165, 1.54) is 24.5 Å². The van der Waals surface area contributed by atoms with Crippen molar-refractivity contribution in [1.29, 1.82) is 0 Å². The number of aromatic nitrogens is 2. The zero-order valence-electron chi connectivity index (χ0n) is 29.7. The highest BCUT2D eigenvalue weighted by Crippen LogP contribution is 2.28. The first kappa shape index (κ1) is 41.6. The molecule has 2 aromatic rings. The lowest BCUT2D eigenvalue weighted by Crippen LogP contribution is -2.25. The van der Waals surface area contributed by atoms with E-state index in [9.17, 15) is 36.0 Å². The number of anilines is 2. The highest BCUT2D eigenvalue weighted by molar-refractivity contribution is 7.87. The first-order valence-corrected chi connectivity index (χ1v) is 19.3. The van der Waals surface area contributed by atoms with Gasteiger partial charge in [-0.2, -0.15) is 21.6 Å². The molecule has 0 spiro atoms. The number of unbranched alkanes of at least 4 members (excludes halogenated alkanes) is 6. The van der Waals surface area contributed by atoms with E-state index < -0.39 is 27.2 Å². The van der Waals surface area contributed by atoms with Gasteiger partial charge in [0.25, 0.3) is 0 Å². The molecule has 10 nitrogen and oxygen atoms in total. The minimum atomic E-state index is -5.77. The Hall–Kier alpha value is -3.81. The number of aryl methyl sites for hydroxylation is 4. The third-order valence-corrected chi connectivity index (χ3v) is 9.46. The normalized spacial score (nSPS) is 14.2. The second-order valence-corrected chi connectivity index (χ2v) is 14.7. The van der Waals surface area contributed by atoms with Gasteiger partial charge in [-0.05, 0) is 101 Å². The van der Waals surface area contributed by atoms with E-state index >= 15 is 0 Å². The van der Waals surface area contributed by atoms with Gasteiger partial charge in [-0.3, -0.25) is 14.4 Å². The van der Waals surface area contributed by atoms with E-state index in [4.69, 9.17) is 0 Å². The van der Waals surface area contributed by atoms with Crippen LogP contribution in [0, 0.1) is 0 Å². The Labute approximate surface area is 299 Å². The molecule has 4 heterocycles. The number of Topliss-reactive ketones (excluding diaryl/α,β-unsaturated/α-hetero) is 2. The van der Waals surface area contributed by atoms with Crippen LogP contribution in [0.15, 0.2) is 36.1 Å². The number of hydrogen-bond acceptors (Lipinski definition) is 10. The van der Waals surface area contributed by atoms with Crippen LogP contribution in [-0.4, -0.2) is 54.3 Å². The van der Waals surface area contributed by atoms with Gasteiger partial charge in [0.1, 0.15) is 29.0 Å². The first-order valence-electron chi connectivity index (χ1n) is 17.9. The molecule has 2 aliphatic heterocycles. The number of halogens is 3. The highest BCUT2D eigenvalue weighted by Gasteiger charge is 2.48. The van der Waals surface area contributed by atoms with Gasteiger partial charge in [0.2, 0.25) is 0 Å². The van der Waals surface area contributed by atoms with Gasteiger partial charge in [0.15, 0.2) is 5.78 Å². The smallest absolute Gasteiger partial charge is 0.380 e. The van der Waals surface area contributed by atoms with Gasteiger partial charge in [0, 0.05) is 43.4 Å². The van der Waals surface area contributed by atoms with Crippen molar-refractivity contribution in [3.05, 3.63) is 58.6 Å². The summed E-state index contributed by atoms with van der Waals surface area (Å²) in [6.07, 6.45) is 14.5. The van der Waals surface area contributed by atoms with Crippen molar-refractivity contribution in [1.82, 2.24) is 9.97 Å². The van der Waals surface area contributed by atoms with E-state index in [-0.39, 0.29) is 24.4 Å². The molecule has 0 radical (unpaired) electrons. The number of ketones is 3. The van der Waals surface area contributed by atoms with Crippen molar-refractivity contribution in [3.8, 4) is 0 Å². The Balaban J connectivity index is 0.000000286. The molecule has 0 atom stereocenters. The average Bonchev–Trinajstić information content (AvgIpc) is 3.06. The highest BCUT2D eigenvalue weighted by atomic mass is 32.2. The molecule has 4 rings (SSSR count). The molecule has 0 aliphatic carbocycles. The van der Waals surface area contributed by atoms with Gasteiger partial charge >= 0.3 is 15.6 Å². The van der Waals surface area contributed by atoms with Gasteiger partial charge in [-0.1, -0.05) is 37.8 Å². The SMILES string of the molecule is CC(=O)/C=C(/CCCCCCc1ccc2c(n1)NCCC2)OS(=O)(=O)C(F)(F)F.CC(=O)CC(=O)CCCCCCc1ccc2c(n1)NCCC2. The molecule has 2 N–H and O–H groups in total. The number of pyridine rings is 2. The third-order valence-electron chi connectivity index (χ3n) is 8.46. The molecule has 51 heavy (non-hydrogen) atoms. The van der Waals surface area contributed by atoms with Gasteiger partial charge in [-0.25, -0.2) is 9.97 Å². The van der Waals surface area contributed by atoms with Crippen LogP contribution >= 0.6 is 0 Å². The molecule has 2 aliphatic rings. The van der Waals surface area contributed by atoms with Crippen LogP contribution < -0.4 is 10.6 Å². The number of hydrogen-bond donors (Lipinski definition) is 2. The molecule has 0 amide bonds. The average molecular weight is 737 g/mol. The van der Waals surface area contributed by atoms with Gasteiger partial charge < -0.3 is 14.8 Å². The standard InChI is InChI=1S/C19H25F3N2O4S.C18H26N2O2/c1-14(25)13-17(28-29(26,27)19(20,21)22)9-5-3-2-4-8-16-11-10-15-7-6-12-23-18(15)24-16;1-14(21)13-17(22)9-5-3-2-4-8-16-11-10-15-7-6-12-19-18(15)20-16/h10-11,13H,2-9,12H2,1H3,(H,23,24);10-11H,2-9,12-13H2,1H3,(H,19,20)/b17-13-;. The Morgan fingerprint density at radius 3 is 1.73 bits per heavy atom. The van der Waals surface area contributed by atoms with Crippen LogP contribution in [0.5, 0.6) is 0 Å². The number of fused-ring (bicyclic) bond motifs is 2. The second kappa shape index (κ2) is 20.9. The van der Waals surface area contributed by atoms with Crippen molar-refractivity contribution in [2.75, 3.05) is 23.7 Å². The number of alkyl halides is 3. The Bertz CT molecular complexity index is 1610. The van der Waals surface area contributed by atoms with Crippen LogP contribution in [0.4, 0.5) is 24.8 Å². The molecule has 0 bridgehead atoms. The maximum absolute atomic E-state index is 12.5. The lowest BCUT2D eigenvalue weighted by molar-refractivity contribution is -0.126. The topological polar surface area (TPSA) is 144 Å². The van der Waals surface area contributed by atoms with Crippen molar-refractivity contribution in [2.45, 2.75) is 129 Å². The van der Waals surface area contributed by atoms with Crippen molar-refractivity contribution in [2.24, 2.45) is 0 Å². The monoisotopic (exact) mass is 736 g/mol. The summed E-state index contributed by atoms with van der Waals surface area (Å²) in [4.78, 5) is 42.7. The van der Waals surface area contributed by atoms with E-state index in [1.54, 1.807) is 0 Å². The number of carbonyl (C=O) groups excluding carboxylic acids is 3. The maximum atomic E-state index is 12.5. The fourth-order valence-corrected chi connectivity index (χ4v) is 6.38. The van der Waals surface area contributed by atoms with Gasteiger partial charge in [-0.15, -0.1) is 0 Å². The number of nitrogens with one attached hydrogen (secondary N) is 2. The number of allylic oxidation sites excluding steroid dienone is 2. The van der Waals surface area contributed by atoms with Crippen molar-refractivity contribution < 1.29 is 40.2 Å². The molecule has 0 saturated heterocycles. The summed E-state index contributed by atoms with van der Waals surface area (Å²) in [5, 5.41) is 6.65. The van der Waals surface area contributed by atoms with Crippen LogP contribution in [0.1, 0.15) is 120 Å².